The van der Waals surface area contributed by atoms with Crippen LogP contribution in [0.3, 0.4) is 0 Å². The van der Waals surface area contributed by atoms with Crippen LogP contribution in [-0.4, -0.2) is 78.6 Å². The Kier molecular flexibility index (Phi) is 12.2. The maximum Gasteiger partial charge on any atom is 0.416 e. The molecule has 0 bridgehead atoms. The quantitative estimate of drug-likeness (QED) is 0.106. The van der Waals surface area contributed by atoms with Gasteiger partial charge in [0.15, 0.2) is 11.5 Å². The van der Waals surface area contributed by atoms with E-state index in [1.54, 1.807) is 42.5 Å². The number of ether oxygens (including phenoxy) is 3. The van der Waals surface area contributed by atoms with E-state index in [-0.39, 0.29) is 36.1 Å². The van der Waals surface area contributed by atoms with Crippen molar-refractivity contribution >= 4 is 57.9 Å². The SMILES string of the molecule is COc1ccc(CC(=O)O)cc1OCCCN1C(=O)/C(=C/c2cc(-c3cc(C(F)(F)F)ccc3Cl)ccc2OCCN(C)C)SC1=S. The summed E-state index contributed by atoms with van der Waals surface area (Å²) in [7, 11) is 5.27. The molecule has 0 saturated carbocycles. The first-order valence-corrected chi connectivity index (χ1v) is 15.9. The number of carboxylic acids is 1. The van der Waals surface area contributed by atoms with Gasteiger partial charge in [-0.2, -0.15) is 13.2 Å². The molecule has 3 aromatic carbocycles. The van der Waals surface area contributed by atoms with Crippen LogP contribution in [0.5, 0.6) is 17.2 Å². The van der Waals surface area contributed by atoms with Crippen LogP contribution >= 0.6 is 35.6 Å². The molecule has 14 heteroatoms. The molecular formula is C33H32ClF3N2O6S2. The van der Waals surface area contributed by atoms with E-state index in [1.165, 1.54) is 18.1 Å². The minimum Gasteiger partial charge on any atom is -0.493 e. The van der Waals surface area contributed by atoms with Gasteiger partial charge in [-0.15, -0.1) is 0 Å². The average molecular weight is 709 g/mol. The van der Waals surface area contributed by atoms with Gasteiger partial charge in [0.05, 0.1) is 30.6 Å². The van der Waals surface area contributed by atoms with Crippen LogP contribution in [0, 0.1) is 0 Å². The lowest BCUT2D eigenvalue weighted by Gasteiger charge is -2.16. The highest BCUT2D eigenvalue weighted by molar-refractivity contribution is 8.26. The number of hydrogen-bond acceptors (Lipinski definition) is 8. The molecule has 0 radical (unpaired) electrons. The number of aliphatic carboxylic acids is 1. The molecular weight excluding hydrogens is 677 g/mol. The highest BCUT2D eigenvalue weighted by Crippen LogP contribution is 2.39. The molecule has 3 aromatic rings. The molecule has 1 fully saturated rings. The van der Waals surface area contributed by atoms with Crippen LogP contribution in [0.2, 0.25) is 5.02 Å². The van der Waals surface area contributed by atoms with Crippen molar-refractivity contribution in [1.82, 2.24) is 9.80 Å². The zero-order valence-electron chi connectivity index (χ0n) is 25.7. The summed E-state index contributed by atoms with van der Waals surface area (Å²) in [6.45, 7) is 1.40. The largest absolute Gasteiger partial charge is 0.493 e. The predicted octanol–water partition coefficient (Wildman–Crippen LogP) is 7.27. The van der Waals surface area contributed by atoms with Crippen molar-refractivity contribution in [3.63, 3.8) is 0 Å². The fourth-order valence-corrected chi connectivity index (χ4v) is 6.10. The average Bonchev–Trinajstić information content (AvgIpc) is 3.26. The van der Waals surface area contributed by atoms with E-state index in [4.69, 9.17) is 43.1 Å². The van der Waals surface area contributed by atoms with Crippen molar-refractivity contribution in [3.8, 4) is 28.4 Å². The first kappa shape index (κ1) is 36.1. The molecule has 1 saturated heterocycles. The minimum absolute atomic E-state index is 0.144. The Bertz CT molecular complexity index is 1680. The molecule has 1 N–H and O–H groups in total. The van der Waals surface area contributed by atoms with Crippen LogP contribution in [0.1, 0.15) is 23.1 Å². The minimum atomic E-state index is -4.55. The number of carbonyl (C=O) groups excluding carboxylic acids is 1. The molecule has 0 spiro atoms. The van der Waals surface area contributed by atoms with Crippen molar-refractivity contribution in [1.29, 1.82) is 0 Å². The van der Waals surface area contributed by atoms with Gasteiger partial charge in [0.2, 0.25) is 0 Å². The number of thioether (sulfide) groups is 1. The van der Waals surface area contributed by atoms with Crippen molar-refractivity contribution < 1.29 is 42.1 Å². The monoisotopic (exact) mass is 708 g/mol. The number of hydrogen-bond donors (Lipinski definition) is 1. The number of benzene rings is 3. The fourth-order valence-electron chi connectivity index (χ4n) is 4.58. The number of carbonyl (C=O) groups is 2. The van der Waals surface area contributed by atoms with E-state index in [9.17, 15) is 22.8 Å². The molecule has 1 aliphatic heterocycles. The fraction of sp³-hybridized carbons (Fsp3) is 0.303. The number of nitrogens with zero attached hydrogens (tertiary/aromatic N) is 2. The van der Waals surface area contributed by atoms with Gasteiger partial charge in [0.1, 0.15) is 16.7 Å². The Morgan fingerprint density at radius 1 is 1.04 bits per heavy atom. The lowest BCUT2D eigenvalue weighted by atomic mass is 9.99. The summed E-state index contributed by atoms with van der Waals surface area (Å²) in [6.07, 6.45) is -2.69. The number of amides is 1. The second kappa shape index (κ2) is 15.9. The zero-order chi connectivity index (χ0) is 34.3. The summed E-state index contributed by atoms with van der Waals surface area (Å²) in [5.74, 6) is -0.0230. The van der Waals surface area contributed by atoms with Crippen LogP contribution in [-0.2, 0) is 22.2 Å². The number of carboxylic acid groups (broad SMARTS) is 1. The zero-order valence-corrected chi connectivity index (χ0v) is 28.1. The summed E-state index contributed by atoms with van der Waals surface area (Å²) in [5, 5.41) is 9.23. The Hall–Kier alpha value is -3.78. The highest BCUT2D eigenvalue weighted by Gasteiger charge is 2.33. The third-order valence-corrected chi connectivity index (χ3v) is 8.65. The van der Waals surface area contributed by atoms with Crippen molar-refractivity contribution in [2.24, 2.45) is 0 Å². The maximum atomic E-state index is 13.5. The third-order valence-electron chi connectivity index (χ3n) is 6.94. The van der Waals surface area contributed by atoms with Gasteiger partial charge in [-0.25, -0.2) is 0 Å². The predicted molar refractivity (Wildman–Crippen MR) is 180 cm³/mol. The van der Waals surface area contributed by atoms with E-state index >= 15 is 0 Å². The Morgan fingerprint density at radius 3 is 2.45 bits per heavy atom. The number of thiocarbonyl (C=S) groups is 1. The Balaban J connectivity index is 1.53. The molecule has 250 valence electrons. The van der Waals surface area contributed by atoms with E-state index in [2.05, 4.69) is 0 Å². The molecule has 4 rings (SSSR count). The van der Waals surface area contributed by atoms with E-state index in [1.807, 2.05) is 19.0 Å². The summed E-state index contributed by atoms with van der Waals surface area (Å²) in [6, 6.07) is 12.9. The number of rotatable bonds is 14. The number of methoxy groups -OCH3 is 1. The maximum absolute atomic E-state index is 13.5. The van der Waals surface area contributed by atoms with Crippen molar-refractivity contribution in [2.45, 2.75) is 19.0 Å². The normalized spacial score (nSPS) is 14.3. The molecule has 1 amide bonds. The Morgan fingerprint density at radius 2 is 1.77 bits per heavy atom. The smallest absolute Gasteiger partial charge is 0.416 e. The van der Waals surface area contributed by atoms with Gasteiger partial charge in [0.25, 0.3) is 5.91 Å². The van der Waals surface area contributed by atoms with Crippen LogP contribution in [0.4, 0.5) is 13.2 Å². The molecule has 47 heavy (non-hydrogen) atoms. The summed E-state index contributed by atoms with van der Waals surface area (Å²) >= 11 is 12.9. The lowest BCUT2D eigenvalue weighted by molar-refractivity contribution is -0.138. The van der Waals surface area contributed by atoms with Crippen molar-refractivity contribution in [3.05, 3.63) is 81.2 Å². The van der Waals surface area contributed by atoms with Gasteiger partial charge in [-0.05, 0) is 80.2 Å². The molecule has 1 aliphatic rings. The second-order valence-electron chi connectivity index (χ2n) is 10.7. The van der Waals surface area contributed by atoms with Gasteiger partial charge < -0.3 is 24.2 Å². The van der Waals surface area contributed by atoms with Gasteiger partial charge in [0, 0.05) is 29.2 Å². The van der Waals surface area contributed by atoms with Crippen molar-refractivity contribution in [2.75, 3.05) is 47.5 Å². The lowest BCUT2D eigenvalue weighted by Crippen LogP contribution is -2.30. The molecule has 1 heterocycles. The topological polar surface area (TPSA) is 88.5 Å². The summed E-state index contributed by atoms with van der Waals surface area (Å²) < 4.78 is 57.9. The first-order valence-electron chi connectivity index (χ1n) is 14.3. The molecule has 0 aromatic heterocycles. The second-order valence-corrected chi connectivity index (χ2v) is 12.8. The molecule has 8 nitrogen and oxygen atoms in total. The van der Waals surface area contributed by atoms with E-state index in [0.29, 0.717) is 62.7 Å². The first-order chi connectivity index (χ1) is 22.3. The Labute approximate surface area is 285 Å². The molecule has 0 aliphatic carbocycles. The molecule has 0 unspecified atom stereocenters. The number of halogens is 4. The standard InChI is InChI=1S/C33H32ClF3N2O6S2/c1-38(2)12-14-45-26-10-6-21(24-19-23(33(35,36)37)7-8-25(24)34)17-22(26)18-29-31(42)39(32(46)47-29)11-4-13-44-28-15-20(16-30(40)41)5-9-27(28)43-3/h5-10,15,17-19H,4,11-14,16H2,1-3H3,(H,40,41)/b29-18-. The number of likely N-dealkylation sites (N-methyl/N-ethyl adjacent to an activating group) is 1. The summed E-state index contributed by atoms with van der Waals surface area (Å²) in [4.78, 5) is 28.3. The van der Waals surface area contributed by atoms with Gasteiger partial charge in [-0.3, -0.25) is 14.5 Å². The third kappa shape index (κ3) is 9.63. The van der Waals surface area contributed by atoms with Gasteiger partial charge in [-0.1, -0.05) is 47.7 Å². The van der Waals surface area contributed by atoms with E-state index in [0.717, 1.165) is 23.9 Å². The van der Waals surface area contributed by atoms with Crippen LogP contribution < -0.4 is 14.2 Å². The van der Waals surface area contributed by atoms with Gasteiger partial charge >= 0.3 is 12.1 Å². The van der Waals surface area contributed by atoms with Crippen LogP contribution in [0.25, 0.3) is 17.2 Å². The van der Waals surface area contributed by atoms with E-state index < -0.39 is 17.7 Å². The molecule has 0 atom stereocenters. The summed E-state index contributed by atoms with van der Waals surface area (Å²) in [5.41, 5.74) is 0.809. The van der Waals surface area contributed by atoms with Crippen LogP contribution in [0.15, 0.2) is 59.5 Å². The highest BCUT2D eigenvalue weighted by atomic mass is 35.5. The number of alkyl halides is 3.